The Morgan fingerprint density at radius 1 is 0.944 bits per heavy atom. The first-order chi connectivity index (χ1) is 17.1. The molecule has 0 aliphatic carbocycles. The van der Waals surface area contributed by atoms with Crippen LogP contribution in [-0.4, -0.2) is 44.3 Å². The molecule has 0 spiro atoms. The van der Waals surface area contributed by atoms with Gasteiger partial charge in [0.15, 0.2) is 0 Å². The SMILES string of the molecule is CCNC(=O)C(C)N(Cc1ccccc1)C(=O)CN(c1ccc(Cl)cc1)S(=O)(=O)c1ccc(C)cc1. The molecule has 3 rings (SSSR count). The van der Waals surface area contributed by atoms with Gasteiger partial charge < -0.3 is 10.2 Å². The van der Waals surface area contributed by atoms with Crippen molar-refractivity contribution in [2.45, 2.75) is 38.3 Å². The Bertz CT molecular complexity index is 1280. The largest absolute Gasteiger partial charge is 0.355 e. The van der Waals surface area contributed by atoms with Gasteiger partial charge >= 0.3 is 0 Å². The summed E-state index contributed by atoms with van der Waals surface area (Å²) in [5.41, 5.74) is 2.02. The fraction of sp³-hybridized carbons (Fsp3) is 0.259. The van der Waals surface area contributed by atoms with Crippen LogP contribution in [0, 0.1) is 6.92 Å². The number of carbonyl (C=O) groups excluding carboxylic acids is 2. The van der Waals surface area contributed by atoms with Gasteiger partial charge in [-0.3, -0.25) is 13.9 Å². The van der Waals surface area contributed by atoms with Gasteiger partial charge in [-0.1, -0.05) is 59.6 Å². The Morgan fingerprint density at radius 2 is 1.56 bits per heavy atom. The predicted octanol–water partition coefficient (Wildman–Crippen LogP) is 4.40. The molecule has 0 radical (unpaired) electrons. The molecule has 0 aliphatic heterocycles. The van der Waals surface area contributed by atoms with Crippen molar-refractivity contribution in [3.05, 3.63) is 95.0 Å². The second-order valence-corrected chi connectivity index (χ2v) is 10.7. The van der Waals surface area contributed by atoms with Crippen LogP contribution < -0.4 is 9.62 Å². The molecule has 0 fully saturated rings. The highest BCUT2D eigenvalue weighted by Crippen LogP contribution is 2.26. The van der Waals surface area contributed by atoms with E-state index < -0.39 is 28.5 Å². The maximum absolute atomic E-state index is 13.7. The van der Waals surface area contributed by atoms with Crippen LogP contribution in [0.4, 0.5) is 5.69 Å². The lowest BCUT2D eigenvalue weighted by atomic mass is 10.1. The van der Waals surface area contributed by atoms with Gasteiger partial charge in [0.25, 0.3) is 10.0 Å². The topological polar surface area (TPSA) is 86.8 Å². The summed E-state index contributed by atoms with van der Waals surface area (Å²) in [6.45, 7) is 5.36. The number of halogens is 1. The van der Waals surface area contributed by atoms with Gasteiger partial charge in [-0.25, -0.2) is 8.42 Å². The van der Waals surface area contributed by atoms with E-state index in [4.69, 9.17) is 11.6 Å². The summed E-state index contributed by atoms with van der Waals surface area (Å²) in [7, 11) is -4.10. The molecular formula is C27H30ClN3O4S. The Kier molecular flexibility index (Phi) is 9.12. The van der Waals surface area contributed by atoms with Crippen LogP contribution in [-0.2, 0) is 26.2 Å². The van der Waals surface area contributed by atoms with E-state index in [1.54, 1.807) is 50.2 Å². The van der Waals surface area contributed by atoms with E-state index in [0.717, 1.165) is 15.4 Å². The van der Waals surface area contributed by atoms with E-state index in [1.165, 1.54) is 17.0 Å². The first kappa shape index (κ1) is 27.2. The van der Waals surface area contributed by atoms with Gasteiger partial charge in [0, 0.05) is 18.1 Å². The Labute approximate surface area is 217 Å². The van der Waals surface area contributed by atoms with Crippen molar-refractivity contribution in [2.24, 2.45) is 0 Å². The summed E-state index contributed by atoms with van der Waals surface area (Å²) >= 11 is 6.03. The number of hydrogen-bond donors (Lipinski definition) is 1. The normalized spacial score (nSPS) is 12.0. The number of anilines is 1. The van der Waals surface area contributed by atoms with Crippen LogP contribution in [0.2, 0.25) is 5.02 Å². The average Bonchev–Trinajstić information content (AvgIpc) is 2.87. The molecule has 36 heavy (non-hydrogen) atoms. The number of hydrogen-bond acceptors (Lipinski definition) is 4. The third-order valence-corrected chi connectivity index (χ3v) is 7.76. The quantitative estimate of drug-likeness (QED) is 0.423. The third kappa shape index (κ3) is 6.65. The molecule has 3 aromatic carbocycles. The fourth-order valence-corrected chi connectivity index (χ4v) is 5.20. The Morgan fingerprint density at radius 3 is 2.14 bits per heavy atom. The van der Waals surface area contributed by atoms with E-state index >= 15 is 0 Å². The highest BCUT2D eigenvalue weighted by Gasteiger charge is 2.32. The van der Waals surface area contributed by atoms with Gasteiger partial charge in [0.05, 0.1) is 10.6 Å². The smallest absolute Gasteiger partial charge is 0.264 e. The molecule has 0 aromatic heterocycles. The predicted molar refractivity (Wildman–Crippen MR) is 142 cm³/mol. The standard InChI is InChI=1S/C27H30ClN3O4S/c1-4-29-27(33)21(3)30(18-22-8-6-5-7-9-22)26(32)19-31(24-14-12-23(28)13-15-24)36(34,35)25-16-10-20(2)11-17-25/h5-17,21H,4,18-19H2,1-3H3,(H,29,33). The minimum Gasteiger partial charge on any atom is -0.355 e. The van der Waals surface area contributed by atoms with Crippen molar-refractivity contribution >= 4 is 39.1 Å². The lowest BCUT2D eigenvalue weighted by Crippen LogP contribution is -2.51. The number of amides is 2. The summed E-state index contributed by atoms with van der Waals surface area (Å²) in [6, 6.07) is 21.1. The minimum atomic E-state index is -4.10. The van der Waals surface area contributed by atoms with Gasteiger partial charge in [-0.05, 0) is 62.7 Å². The molecule has 0 aliphatic rings. The number of sulfonamides is 1. The molecule has 1 atom stereocenters. The van der Waals surface area contributed by atoms with Crippen molar-refractivity contribution < 1.29 is 18.0 Å². The number of rotatable bonds is 10. The van der Waals surface area contributed by atoms with Crippen molar-refractivity contribution in [1.29, 1.82) is 0 Å². The second-order valence-electron chi connectivity index (χ2n) is 8.38. The van der Waals surface area contributed by atoms with Crippen LogP contribution in [0.5, 0.6) is 0 Å². The number of benzene rings is 3. The highest BCUT2D eigenvalue weighted by molar-refractivity contribution is 7.92. The van der Waals surface area contributed by atoms with Crippen molar-refractivity contribution in [3.63, 3.8) is 0 Å². The van der Waals surface area contributed by atoms with Crippen molar-refractivity contribution in [2.75, 3.05) is 17.4 Å². The summed E-state index contributed by atoms with van der Waals surface area (Å²) < 4.78 is 28.4. The number of carbonyl (C=O) groups is 2. The lowest BCUT2D eigenvalue weighted by Gasteiger charge is -2.32. The third-order valence-electron chi connectivity index (χ3n) is 5.72. The summed E-state index contributed by atoms with van der Waals surface area (Å²) in [6.07, 6.45) is 0. The van der Waals surface area contributed by atoms with Crippen LogP contribution in [0.25, 0.3) is 0 Å². The fourth-order valence-electron chi connectivity index (χ4n) is 3.66. The van der Waals surface area contributed by atoms with E-state index in [2.05, 4.69) is 5.32 Å². The number of aryl methyl sites for hydroxylation is 1. The Balaban J connectivity index is 2.01. The maximum atomic E-state index is 13.7. The first-order valence-corrected chi connectivity index (χ1v) is 13.4. The van der Waals surface area contributed by atoms with E-state index in [-0.39, 0.29) is 17.3 Å². The summed E-state index contributed by atoms with van der Waals surface area (Å²) in [5, 5.41) is 3.18. The molecule has 1 N–H and O–H groups in total. The average molecular weight is 528 g/mol. The zero-order chi connectivity index (χ0) is 26.3. The molecule has 0 heterocycles. The number of likely N-dealkylation sites (N-methyl/N-ethyl adjacent to an activating group) is 1. The zero-order valence-electron chi connectivity index (χ0n) is 20.5. The van der Waals surface area contributed by atoms with Gasteiger partial charge in [0.1, 0.15) is 12.6 Å². The number of nitrogens with zero attached hydrogens (tertiary/aromatic N) is 2. The highest BCUT2D eigenvalue weighted by atomic mass is 35.5. The molecule has 1 unspecified atom stereocenters. The van der Waals surface area contributed by atoms with Crippen LogP contribution in [0.15, 0.2) is 83.8 Å². The van der Waals surface area contributed by atoms with Crippen LogP contribution in [0.3, 0.4) is 0 Å². The second kappa shape index (κ2) is 12.1. The molecule has 0 bridgehead atoms. The molecule has 0 saturated heterocycles. The van der Waals surface area contributed by atoms with Crippen molar-refractivity contribution in [1.82, 2.24) is 10.2 Å². The van der Waals surface area contributed by atoms with Gasteiger partial charge in [0.2, 0.25) is 11.8 Å². The van der Waals surface area contributed by atoms with E-state index in [9.17, 15) is 18.0 Å². The molecule has 3 aromatic rings. The maximum Gasteiger partial charge on any atom is 0.264 e. The molecule has 7 nitrogen and oxygen atoms in total. The van der Waals surface area contributed by atoms with Crippen LogP contribution >= 0.6 is 11.6 Å². The number of nitrogens with one attached hydrogen (secondary N) is 1. The van der Waals surface area contributed by atoms with Gasteiger partial charge in [-0.15, -0.1) is 0 Å². The lowest BCUT2D eigenvalue weighted by molar-refractivity contribution is -0.139. The molecule has 9 heteroatoms. The molecule has 190 valence electrons. The summed E-state index contributed by atoms with van der Waals surface area (Å²) in [4.78, 5) is 27.8. The molecular weight excluding hydrogens is 498 g/mol. The first-order valence-electron chi connectivity index (χ1n) is 11.6. The molecule has 0 saturated carbocycles. The monoisotopic (exact) mass is 527 g/mol. The van der Waals surface area contributed by atoms with E-state index in [1.807, 2.05) is 37.3 Å². The van der Waals surface area contributed by atoms with E-state index in [0.29, 0.717) is 17.3 Å². The summed E-state index contributed by atoms with van der Waals surface area (Å²) in [5.74, 6) is -0.829. The van der Waals surface area contributed by atoms with Crippen molar-refractivity contribution in [3.8, 4) is 0 Å². The Hall–Kier alpha value is -3.36. The molecule has 2 amide bonds. The van der Waals surface area contributed by atoms with Gasteiger partial charge in [-0.2, -0.15) is 0 Å². The zero-order valence-corrected chi connectivity index (χ0v) is 22.1. The van der Waals surface area contributed by atoms with Crippen LogP contribution in [0.1, 0.15) is 25.0 Å². The minimum absolute atomic E-state index is 0.0576.